The van der Waals surface area contributed by atoms with E-state index in [1.54, 1.807) is 30.1 Å². The first-order chi connectivity index (χ1) is 12.5. The van der Waals surface area contributed by atoms with Crippen molar-refractivity contribution in [3.8, 4) is 0 Å². The highest BCUT2D eigenvalue weighted by Gasteiger charge is 2.14. The van der Waals surface area contributed by atoms with Gasteiger partial charge in [-0.25, -0.2) is 4.39 Å². The molecular formula is C20H24FN3O2. The standard InChI is InChI=1S/C20H24FN3O2/c1-3-4-13-24(2)20(26)16-10-12-22-18(14-16)19(25)23-11-9-15-5-7-17(21)8-6-15/h5-8,10,12,14H,3-4,9,11,13H2,1-2H3,(H,23,25). The molecule has 1 heterocycles. The number of carbonyl (C=O) groups excluding carboxylic acids is 2. The van der Waals surface area contributed by atoms with E-state index >= 15 is 0 Å². The molecule has 138 valence electrons. The van der Waals surface area contributed by atoms with Crippen LogP contribution < -0.4 is 5.32 Å². The zero-order chi connectivity index (χ0) is 18.9. The van der Waals surface area contributed by atoms with E-state index in [4.69, 9.17) is 0 Å². The first kappa shape index (κ1) is 19.6. The van der Waals surface area contributed by atoms with Gasteiger partial charge in [-0.1, -0.05) is 25.5 Å². The molecular weight excluding hydrogens is 333 g/mol. The summed E-state index contributed by atoms with van der Waals surface area (Å²) in [6.07, 6.45) is 4.00. The third-order valence-corrected chi connectivity index (χ3v) is 4.05. The zero-order valence-electron chi connectivity index (χ0n) is 15.2. The quantitative estimate of drug-likeness (QED) is 0.790. The average Bonchev–Trinajstić information content (AvgIpc) is 2.67. The van der Waals surface area contributed by atoms with Crippen LogP contribution in [-0.2, 0) is 6.42 Å². The molecule has 0 aliphatic rings. The van der Waals surface area contributed by atoms with E-state index in [-0.39, 0.29) is 23.3 Å². The Morgan fingerprint density at radius 2 is 1.92 bits per heavy atom. The number of hydrogen-bond acceptors (Lipinski definition) is 3. The molecule has 26 heavy (non-hydrogen) atoms. The molecule has 1 aromatic carbocycles. The Morgan fingerprint density at radius 1 is 1.19 bits per heavy atom. The molecule has 0 unspecified atom stereocenters. The highest BCUT2D eigenvalue weighted by molar-refractivity contribution is 5.98. The van der Waals surface area contributed by atoms with Gasteiger partial charge in [0.2, 0.25) is 0 Å². The summed E-state index contributed by atoms with van der Waals surface area (Å²) in [6, 6.07) is 9.28. The van der Waals surface area contributed by atoms with Gasteiger partial charge in [0, 0.05) is 31.9 Å². The minimum absolute atomic E-state index is 0.124. The van der Waals surface area contributed by atoms with Crippen LogP contribution in [-0.4, -0.2) is 41.8 Å². The average molecular weight is 357 g/mol. The maximum Gasteiger partial charge on any atom is 0.269 e. The topological polar surface area (TPSA) is 62.3 Å². The second kappa shape index (κ2) is 9.65. The van der Waals surface area contributed by atoms with Crippen molar-refractivity contribution in [2.24, 2.45) is 0 Å². The largest absolute Gasteiger partial charge is 0.350 e. The Labute approximate surface area is 153 Å². The Kier molecular flexibility index (Phi) is 7.26. The van der Waals surface area contributed by atoms with Crippen molar-refractivity contribution >= 4 is 11.8 Å². The number of benzene rings is 1. The number of aromatic nitrogens is 1. The van der Waals surface area contributed by atoms with Crippen LogP contribution in [0, 0.1) is 5.82 Å². The van der Waals surface area contributed by atoms with Crippen LogP contribution in [0.15, 0.2) is 42.6 Å². The number of rotatable bonds is 8. The molecule has 0 bridgehead atoms. The predicted octanol–water partition coefficient (Wildman–Crippen LogP) is 3.07. The third kappa shape index (κ3) is 5.65. The van der Waals surface area contributed by atoms with E-state index in [2.05, 4.69) is 17.2 Å². The van der Waals surface area contributed by atoms with Gasteiger partial charge in [0.25, 0.3) is 11.8 Å². The molecule has 0 saturated heterocycles. The minimum atomic E-state index is -0.335. The van der Waals surface area contributed by atoms with E-state index in [1.165, 1.54) is 24.4 Å². The van der Waals surface area contributed by atoms with Gasteiger partial charge in [-0.15, -0.1) is 0 Å². The molecule has 1 aromatic heterocycles. The van der Waals surface area contributed by atoms with Crippen molar-refractivity contribution in [1.82, 2.24) is 15.2 Å². The van der Waals surface area contributed by atoms with Gasteiger partial charge in [0.1, 0.15) is 11.5 Å². The third-order valence-electron chi connectivity index (χ3n) is 4.05. The van der Waals surface area contributed by atoms with Gasteiger partial charge >= 0.3 is 0 Å². The molecule has 6 heteroatoms. The fourth-order valence-electron chi connectivity index (χ4n) is 2.47. The lowest BCUT2D eigenvalue weighted by Crippen LogP contribution is -2.29. The predicted molar refractivity (Wildman–Crippen MR) is 98.5 cm³/mol. The smallest absolute Gasteiger partial charge is 0.269 e. The van der Waals surface area contributed by atoms with Crippen molar-refractivity contribution < 1.29 is 14.0 Å². The maximum atomic E-state index is 12.9. The van der Waals surface area contributed by atoms with Crippen molar-refractivity contribution in [2.45, 2.75) is 26.2 Å². The molecule has 2 amide bonds. The molecule has 2 aromatic rings. The number of hydrogen-bond donors (Lipinski definition) is 1. The highest BCUT2D eigenvalue weighted by Crippen LogP contribution is 2.07. The van der Waals surface area contributed by atoms with Crippen molar-refractivity contribution in [1.29, 1.82) is 0 Å². The normalized spacial score (nSPS) is 10.4. The molecule has 0 saturated carbocycles. The van der Waals surface area contributed by atoms with Gasteiger partial charge in [0.05, 0.1) is 0 Å². The van der Waals surface area contributed by atoms with Crippen LogP contribution >= 0.6 is 0 Å². The van der Waals surface area contributed by atoms with Crippen LogP contribution in [0.4, 0.5) is 4.39 Å². The molecule has 0 atom stereocenters. The van der Waals surface area contributed by atoms with Crippen molar-refractivity contribution in [3.63, 3.8) is 0 Å². The summed E-state index contributed by atoms with van der Waals surface area (Å²) in [5, 5.41) is 2.77. The zero-order valence-corrected chi connectivity index (χ0v) is 15.2. The molecule has 0 spiro atoms. The fraction of sp³-hybridized carbons (Fsp3) is 0.350. The first-order valence-corrected chi connectivity index (χ1v) is 8.75. The Hall–Kier alpha value is -2.76. The van der Waals surface area contributed by atoms with E-state index in [1.807, 2.05) is 0 Å². The summed E-state index contributed by atoms with van der Waals surface area (Å²) in [6.45, 7) is 3.15. The number of nitrogens with zero attached hydrogens (tertiary/aromatic N) is 2. The SMILES string of the molecule is CCCCN(C)C(=O)c1ccnc(C(=O)NCCc2ccc(F)cc2)c1. The summed E-state index contributed by atoms with van der Waals surface area (Å²) >= 11 is 0. The molecule has 2 rings (SSSR count). The second-order valence-electron chi connectivity index (χ2n) is 6.14. The van der Waals surface area contributed by atoms with E-state index in [0.717, 1.165) is 18.4 Å². The Balaban J connectivity index is 1.92. The van der Waals surface area contributed by atoms with Gasteiger partial charge in [-0.05, 0) is 42.7 Å². The van der Waals surface area contributed by atoms with Crippen LogP contribution in [0.3, 0.4) is 0 Å². The molecule has 0 fully saturated rings. The maximum absolute atomic E-state index is 12.9. The monoisotopic (exact) mass is 357 g/mol. The van der Waals surface area contributed by atoms with Crippen LogP contribution in [0.5, 0.6) is 0 Å². The number of pyridine rings is 1. The Morgan fingerprint density at radius 3 is 2.62 bits per heavy atom. The van der Waals surface area contributed by atoms with Gasteiger partial charge in [0.15, 0.2) is 0 Å². The minimum Gasteiger partial charge on any atom is -0.350 e. The molecule has 0 radical (unpaired) electrons. The Bertz CT molecular complexity index is 747. The number of carbonyl (C=O) groups is 2. The lowest BCUT2D eigenvalue weighted by Gasteiger charge is -2.16. The van der Waals surface area contributed by atoms with Gasteiger partial charge in [-0.3, -0.25) is 14.6 Å². The summed E-state index contributed by atoms with van der Waals surface area (Å²) in [4.78, 5) is 30.3. The molecule has 5 nitrogen and oxygen atoms in total. The lowest BCUT2D eigenvalue weighted by molar-refractivity contribution is 0.0793. The van der Waals surface area contributed by atoms with Crippen molar-refractivity contribution in [2.75, 3.05) is 20.1 Å². The number of nitrogens with one attached hydrogen (secondary N) is 1. The number of halogens is 1. The number of unbranched alkanes of at least 4 members (excludes halogenated alkanes) is 1. The molecule has 1 N–H and O–H groups in total. The summed E-state index contributed by atoms with van der Waals surface area (Å²) in [7, 11) is 1.75. The van der Waals surface area contributed by atoms with E-state index in [0.29, 0.717) is 25.1 Å². The van der Waals surface area contributed by atoms with Crippen LogP contribution in [0.1, 0.15) is 46.2 Å². The van der Waals surface area contributed by atoms with Crippen LogP contribution in [0.2, 0.25) is 0 Å². The van der Waals surface area contributed by atoms with E-state index in [9.17, 15) is 14.0 Å². The van der Waals surface area contributed by atoms with Crippen LogP contribution in [0.25, 0.3) is 0 Å². The first-order valence-electron chi connectivity index (χ1n) is 8.75. The van der Waals surface area contributed by atoms with Crippen molar-refractivity contribution in [3.05, 3.63) is 65.2 Å². The molecule has 0 aliphatic carbocycles. The van der Waals surface area contributed by atoms with E-state index < -0.39 is 0 Å². The summed E-state index contributed by atoms with van der Waals surface area (Å²) in [5.74, 6) is -0.744. The highest BCUT2D eigenvalue weighted by atomic mass is 19.1. The summed E-state index contributed by atoms with van der Waals surface area (Å²) < 4.78 is 12.9. The number of amides is 2. The summed E-state index contributed by atoms with van der Waals surface area (Å²) in [5.41, 5.74) is 1.59. The second-order valence-corrected chi connectivity index (χ2v) is 6.14. The van der Waals surface area contributed by atoms with Gasteiger partial charge < -0.3 is 10.2 Å². The molecule has 0 aliphatic heterocycles. The fourth-order valence-corrected chi connectivity index (χ4v) is 2.47. The van der Waals surface area contributed by atoms with Gasteiger partial charge in [-0.2, -0.15) is 0 Å². The lowest BCUT2D eigenvalue weighted by atomic mass is 10.1.